The average Bonchev–Trinajstić information content (AvgIpc) is 2.96. The molecular weight excluding hydrogens is 291 g/mol. The van der Waals surface area contributed by atoms with Gasteiger partial charge in [0, 0.05) is 39.9 Å². The second-order valence-corrected chi connectivity index (χ2v) is 6.63. The molecule has 4 rings (SSSR count). The number of thiophene rings is 1. The van der Waals surface area contributed by atoms with Crippen molar-refractivity contribution in [2.75, 3.05) is 14.2 Å². The third-order valence-electron chi connectivity index (χ3n) is 4.36. The summed E-state index contributed by atoms with van der Waals surface area (Å²) in [5, 5.41) is 2.73. The van der Waals surface area contributed by atoms with E-state index in [4.69, 9.17) is 9.31 Å². The van der Waals surface area contributed by atoms with Crippen LogP contribution in [0.4, 0.5) is 0 Å². The molecule has 2 nitrogen and oxygen atoms in total. The number of rotatable bonds is 3. The molecule has 0 unspecified atom stereocenters. The molecule has 1 aromatic heterocycles. The smallest absolute Gasteiger partial charge is 0.410 e. The van der Waals surface area contributed by atoms with Gasteiger partial charge in [-0.15, -0.1) is 11.3 Å². The van der Waals surface area contributed by atoms with Gasteiger partial charge < -0.3 is 9.31 Å². The number of aryl methyl sites for hydroxylation is 1. The maximum atomic E-state index is 5.54. The van der Waals surface area contributed by atoms with E-state index in [1.807, 2.05) is 11.3 Å². The van der Waals surface area contributed by atoms with Crippen LogP contribution in [-0.4, -0.2) is 21.3 Å². The van der Waals surface area contributed by atoms with Crippen LogP contribution in [0.1, 0.15) is 17.5 Å². The van der Waals surface area contributed by atoms with Crippen LogP contribution in [0.15, 0.2) is 36.4 Å². The Morgan fingerprint density at radius 3 is 2.77 bits per heavy atom. The van der Waals surface area contributed by atoms with E-state index >= 15 is 0 Å². The van der Waals surface area contributed by atoms with Crippen LogP contribution in [0.3, 0.4) is 0 Å². The molecule has 2 aromatic carbocycles. The van der Waals surface area contributed by atoms with Gasteiger partial charge >= 0.3 is 7.12 Å². The van der Waals surface area contributed by atoms with Gasteiger partial charge in [0.2, 0.25) is 0 Å². The number of hydrogen-bond acceptors (Lipinski definition) is 3. The standard InChI is InChI=1S/C18H17BO2S/c1-20-19(21-2)15-11-12-7-3-4-8-13(12)17-14-9-5-6-10-16(14)22-18(15)17/h3,5-7,9-11H,4,8H2,1-2H3. The molecule has 1 heterocycles. The van der Waals surface area contributed by atoms with Gasteiger partial charge in [-0.25, -0.2) is 0 Å². The normalized spacial score (nSPS) is 13.7. The van der Waals surface area contributed by atoms with Crippen molar-refractivity contribution in [2.24, 2.45) is 0 Å². The van der Waals surface area contributed by atoms with Gasteiger partial charge in [-0.2, -0.15) is 0 Å². The highest BCUT2D eigenvalue weighted by molar-refractivity contribution is 7.27. The Morgan fingerprint density at radius 2 is 1.95 bits per heavy atom. The molecule has 0 fully saturated rings. The van der Waals surface area contributed by atoms with E-state index in [0.29, 0.717) is 0 Å². The van der Waals surface area contributed by atoms with Crippen molar-refractivity contribution in [3.63, 3.8) is 0 Å². The van der Waals surface area contributed by atoms with E-state index in [1.165, 1.54) is 31.3 Å². The lowest BCUT2D eigenvalue weighted by molar-refractivity contribution is 0.292. The molecule has 4 heteroatoms. The van der Waals surface area contributed by atoms with Gasteiger partial charge in [0.15, 0.2) is 0 Å². The van der Waals surface area contributed by atoms with Gasteiger partial charge in [0.1, 0.15) is 0 Å². The summed E-state index contributed by atoms with van der Waals surface area (Å²) >= 11 is 1.84. The van der Waals surface area contributed by atoms with Crippen LogP contribution in [-0.2, 0) is 15.7 Å². The summed E-state index contributed by atoms with van der Waals surface area (Å²) in [6.45, 7) is 0. The quantitative estimate of drug-likeness (QED) is 0.681. The molecule has 0 aliphatic heterocycles. The van der Waals surface area contributed by atoms with Gasteiger partial charge in [0.25, 0.3) is 0 Å². The first-order valence-corrected chi connectivity index (χ1v) is 8.34. The van der Waals surface area contributed by atoms with E-state index in [0.717, 1.165) is 18.3 Å². The second kappa shape index (κ2) is 5.54. The second-order valence-electron chi connectivity index (χ2n) is 5.58. The molecule has 0 bridgehead atoms. The van der Waals surface area contributed by atoms with E-state index in [9.17, 15) is 0 Å². The number of benzene rings is 2. The predicted molar refractivity (Wildman–Crippen MR) is 96.1 cm³/mol. The van der Waals surface area contributed by atoms with Crippen LogP contribution in [0.25, 0.3) is 26.2 Å². The zero-order chi connectivity index (χ0) is 15.1. The molecule has 110 valence electrons. The Morgan fingerprint density at radius 1 is 1.14 bits per heavy atom. The molecule has 1 aliphatic rings. The Kier molecular flexibility index (Phi) is 3.53. The first-order chi connectivity index (χ1) is 10.8. The zero-order valence-electron chi connectivity index (χ0n) is 12.8. The van der Waals surface area contributed by atoms with Crippen molar-refractivity contribution in [3.8, 4) is 0 Å². The highest BCUT2D eigenvalue weighted by Crippen LogP contribution is 2.38. The molecule has 0 spiro atoms. The monoisotopic (exact) mass is 308 g/mol. The Bertz CT molecular complexity index is 878. The van der Waals surface area contributed by atoms with Crippen molar-refractivity contribution in [1.82, 2.24) is 0 Å². The summed E-state index contributed by atoms with van der Waals surface area (Å²) in [7, 11) is 3.07. The van der Waals surface area contributed by atoms with Gasteiger partial charge in [-0.05, 0) is 30.0 Å². The fraction of sp³-hybridized carbons (Fsp3) is 0.222. The van der Waals surface area contributed by atoms with Crippen LogP contribution >= 0.6 is 11.3 Å². The topological polar surface area (TPSA) is 18.5 Å². The summed E-state index contributed by atoms with van der Waals surface area (Å²) in [6.07, 6.45) is 6.70. The lowest BCUT2D eigenvalue weighted by Gasteiger charge is -2.17. The first-order valence-electron chi connectivity index (χ1n) is 7.52. The molecule has 0 N–H and O–H groups in total. The summed E-state index contributed by atoms with van der Waals surface area (Å²) in [4.78, 5) is 0. The fourth-order valence-corrected chi connectivity index (χ4v) is 4.65. The lowest BCUT2D eigenvalue weighted by atomic mass is 9.75. The summed E-state index contributed by atoms with van der Waals surface area (Å²) in [5.74, 6) is 0. The minimum atomic E-state index is -0.323. The SMILES string of the molecule is COB(OC)c1cc2c(c3c1sc1ccccc13)CCC=C2. The molecular formula is C18H17BO2S. The minimum Gasteiger partial charge on any atom is -0.410 e. The maximum absolute atomic E-state index is 5.54. The van der Waals surface area contributed by atoms with Crippen LogP contribution < -0.4 is 5.46 Å². The zero-order valence-corrected chi connectivity index (χ0v) is 13.6. The number of hydrogen-bond donors (Lipinski definition) is 0. The third kappa shape index (κ3) is 2.02. The summed E-state index contributed by atoms with van der Waals surface area (Å²) in [6, 6.07) is 10.9. The number of allylic oxidation sites excluding steroid dienone is 1. The van der Waals surface area contributed by atoms with Gasteiger partial charge in [-0.3, -0.25) is 0 Å². The Balaban J connectivity index is 2.15. The van der Waals surface area contributed by atoms with E-state index in [1.54, 1.807) is 14.2 Å². The lowest BCUT2D eigenvalue weighted by Crippen LogP contribution is -2.35. The summed E-state index contributed by atoms with van der Waals surface area (Å²) < 4.78 is 13.7. The molecule has 0 atom stereocenters. The van der Waals surface area contributed by atoms with Crippen molar-refractivity contribution in [2.45, 2.75) is 12.8 Å². The van der Waals surface area contributed by atoms with Gasteiger partial charge in [-0.1, -0.05) is 36.4 Å². The largest absolute Gasteiger partial charge is 0.494 e. The third-order valence-corrected chi connectivity index (χ3v) is 5.58. The Hall–Kier alpha value is -1.62. The molecule has 0 amide bonds. The average molecular weight is 308 g/mol. The molecule has 0 radical (unpaired) electrons. The van der Waals surface area contributed by atoms with Crippen LogP contribution in [0.5, 0.6) is 0 Å². The first kappa shape index (κ1) is 14.0. The maximum Gasteiger partial charge on any atom is 0.494 e. The van der Waals surface area contributed by atoms with Crippen molar-refractivity contribution in [1.29, 1.82) is 0 Å². The molecule has 0 saturated heterocycles. The highest BCUT2D eigenvalue weighted by Gasteiger charge is 2.26. The van der Waals surface area contributed by atoms with Crippen molar-refractivity contribution < 1.29 is 9.31 Å². The van der Waals surface area contributed by atoms with Crippen LogP contribution in [0.2, 0.25) is 0 Å². The van der Waals surface area contributed by atoms with Crippen LogP contribution in [0, 0.1) is 0 Å². The van der Waals surface area contributed by atoms with Crippen molar-refractivity contribution >= 4 is 50.2 Å². The summed E-state index contributed by atoms with van der Waals surface area (Å²) in [5.41, 5.74) is 3.90. The van der Waals surface area contributed by atoms with E-state index < -0.39 is 0 Å². The van der Waals surface area contributed by atoms with E-state index in [-0.39, 0.29) is 7.12 Å². The predicted octanol–water partition coefficient (Wildman–Crippen LogP) is 4.00. The Labute approximate surface area is 134 Å². The highest BCUT2D eigenvalue weighted by atomic mass is 32.1. The molecule has 3 aromatic rings. The van der Waals surface area contributed by atoms with Gasteiger partial charge in [0.05, 0.1) is 0 Å². The molecule has 0 saturated carbocycles. The van der Waals surface area contributed by atoms with E-state index in [2.05, 4.69) is 42.5 Å². The number of fused-ring (bicyclic) bond motifs is 5. The van der Waals surface area contributed by atoms with Crippen molar-refractivity contribution in [3.05, 3.63) is 47.5 Å². The molecule has 22 heavy (non-hydrogen) atoms. The fourth-order valence-electron chi connectivity index (χ4n) is 3.39. The minimum absolute atomic E-state index is 0.323. The molecule has 1 aliphatic carbocycles.